The molecule has 0 spiro atoms. The second-order valence-corrected chi connectivity index (χ2v) is 5.74. The van der Waals surface area contributed by atoms with E-state index in [1.807, 2.05) is 24.4 Å². The summed E-state index contributed by atoms with van der Waals surface area (Å²) in [5.41, 5.74) is 5.17. The SMILES string of the molecule is CCCCCCCCC(NN)c1cnc2ccccc2c1. The Balaban J connectivity index is 1.89. The zero-order valence-electron chi connectivity index (χ0n) is 13.0. The number of pyridine rings is 1. The van der Waals surface area contributed by atoms with Crippen molar-refractivity contribution in [2.75, 3.05) is 0 Å². The Kier molecular flexibility index (Phi) is 6.64. The molecular weight excluding hydrogens is 258 g/mol. The molecule has 114 valence electrons. The normalized spacial score (nSPS) is 12.7. The van der Waals surface area contributed by atoms with Crippen LogP contribution in [-0.2, 0) is 0 Å². The Bertz CT molecular complexity index is 539. The van der Waals surface area contributed by atoms with Gasteiger partial charge < -0.3 is 0 Å². The first-order valence-corrected chi connectivity index (χ1v) is 8.16. The van der Waals surface area contributed by atoms with Crippen LogP contribution in [-0.4, -0.2) is 4.98 Å². The summed E-state index contributed by atoms with van der Waals surface area (Å²) in [5.74, 6) is 5.73. The average molecular weight is 285 g/mol. The summed E-state index contributed by atoms with van der Waals surface area (Å²) < 4.78 is 0. The molecule has 3 nitrogen and oxygen atoms in total. The van der Waals surface area contributed by atoms with Gasteiger partial charge in [0, 0.05) is 17.6 Å². The molecule has 1 aromatic heterocycles. The number of rotatable bonds is 9. The Morgan fingerprint density at radius 2 is 1.86 bits per heavy atom. The van der Waals surface area contributed by atoms with Crippen LogP contribution in [0.3, 0.4) is 0 Å². The van der Waals surface area contributed by atoms with Gasteiger partial charge in [-0.1, -0.05) is 63.6 Å². The fraction of sp³-hybridized carbons (Fsp3) is 0.500. The summed E-state index contributed by atoms with van der Waals surface area (Å²) in [7, 11) is 0. The molecule has 0 fully saturated rings. The molecule has 2 aromatic rings. The molecule has 21 heavy (non-hydrogen) atoms. The van der Waals surface area contributed by atoms with Crippen molar-refractivity contribution < 1.29 is 0 Å². The summed E-state index contributed by atoms with van der Waals surface area (Å²) in [6, 6.07) is 10.6. The van der Waals surface area contributed by atoms with Gasteiger partial charge in [0.25, 0.3) is 0 Å². The Morgan fingerprint density at radius 3 is 2.67 bits per heavy atom. The van der Waals surface area contributed by atoms with E-state index in [2.05, 4.69) is 29.5 Å². The van der Waals surface area contributed by atoms with Crippen LogP contribution in [0.4, 0.5) is 0 Å². The zero-order valence-corrected chi connectivity index (χ0v) is 13.0. The summed E-state index contributed by atoms with van der Waals surface area (Å²) in [4.78, 5) is 4.52. The average Bonchev–Trinajstić information content (AvgIpc) is 2.54. The van der Waals surface area contributed by atoms with Gasteiger partial charge in [0.1, 0.15) is 0 Å². The standard InChI is InChI=1S/C18H27N3/c1-2-3-4-5-6-7-12-18(21-19)16-13-15-10-8-9-11-17(15)20-14-16/h8-11,13-14,18,21H,2-7,12,19H2,1H3. The minimum Gasteiger partial charge on any atom is -0.271 e. The molecule has 0 saturated heterocycles. The van der Waals surface area contributed by atoms with E-state index in [0.29, 0.717) is 0 Å². The maximum atomic E-state index is 5.73. The van der Waals surface area contributed by atoms with Crippen LogP contribution < -0.4 is 11.3 Å². The molecule has 0 aliphatic heterocycles. The predicted octanol–water partition coefficient (Wildman–Crippen LogP) is 4.49. The van der Waals surface area contributed by atoms with Crippen molar-refractivity contribution in [1.29, 1.82) is 0 Å². The topological polar surface area (TPSA) is 50.9 Å². The third-order valence-corrected chi connectivity index (χ3v) is 4.06. The molecule has 0 bridgehead atoms. The lowest BCUT2D eigenvalue weighted by Crippen LogP contribution is -2.28. The molecule has 2 rings (SSSR count). The smallest absolute Gasteiger partial charge is 0.0702 e. The van der Waals surface area contributed by atoms with Gasteiger partial charge in [-0.15, -0.1) is 0 Å². The molecule has 0 aliphatic carbocycles. The van der Waals surface area contributed by atoms with Crippen molar-refractivity contribution in [2.45, 2.75) is 57.9 Å². The number of hydrogen-bond acceptors (Lipinski definition) is 3. The van der Waals surface area contributed by atoms with E-state index >= 15 is 0 Å². The molecular formula is C18H27N3. The van der Waals surface area contributed by atoms with Crippen LogP contribution in [0.5, 0.6) is 0 Å². The molecule has 1 heterocycles. The molecule has 1 aromatic carbocycles. The van der Waals surface area contributed by atoms with Crippen LogP contribution >= 0.6 is 0 Å². The van der Waals surface area contributed by atoms with Gasteiger partial charge in [0.2, 0.25) is 0 Å². The molecule has 1 atom stereocenters. The van der Waals surface area contributed by atoms with Crippen molar-refractivity contribution >= 4 is 10.9 Å². The van der Waals surface area contributed by atoms with Crippen LogP contribution in [0, 0.1) is 0 Å². The van der Waals surface area contributed by atoms with E-state index in [-0.39, 0.29) is 6.04 Å². The molecule has 0 aliphatic rings. The van der Waals surface area contributed by atoms with Gasteiger partial charge in [-0.25, -0.2) is 0 Å². The van der Waals surface area contributed by atoms with Crippen LogP contribution in [0.1, 0.15) is 63.5 Å². The molecule has 0 saturated carbocycles. The lowest BCUT2D eigenvalue weighted by Gasteiger charge is -2.16. The lowest BCUT2D eigenvalue weighted by atomic mass is 10.00. The fourth-order valence-corrected chi connectivity index (χ4v) is 2.75. The number of benzene rings is 1. The monoisotopic (exact) mass is 285 g/mol. The largest absolute Gasteiger partial charge is 0.271 e. The maximum Gasteiger partial charge on any atom is 0.0702 e. The van der Waals surface area contributed by atoms with Gasteiger partial charge in [-0.3, -0.25) is 16.3 Å². The first-order chi connectivity index (χ1) is 10.3. The van der Waals surface area contributed by atoms with Gasteiger partial charge >= 0.3 is 0 Å². The van der Waals surface area contributed by atoms with E-state index in [0.717, 1.165) is 11.9 Å². The number of para-hydroxylation sites is 1. The van der Waals surface area contributed by atoms with E-state index in [4.69, 9.17) is 5.84 Å². The highest BCUT2D eigenvalue weighted by Gasteiger charge is 2.10. The first kappa shape index (κ1) is 15.9. The van der Waals surface area contributed by atoms with Crippen molar-refractivity contribution in [3.05, 3.63) is 42.1 Å². The number of nitrogens with zero attached hydrogens (tertiary/aromatic N) is 1. The molecule has 0 amide bonds. The predicted molar refractivity (Wildman–Crippen MR) is 89.8 cm³/mol. The number of nitrogens with two attached hydrogens (primary N) is 1. The number of fused-ring (bicyclic) bond motifs is 1. The summed E-state index contributed by atoms with van der Waals surface area (Å²) in [6.07, 6.45) is 10.9. The van der Waals surface area contributed by atoms with Crippen LogP contribution in [0.2, 0.25) is 0 Å². The third kappa shape index (κ3) is 4.80. The van der Waals surface area contributed by atoms with Crippen LogP contribution in [0.25, 0.3) is 10.9 Å². The zero-order chi connectivity index (χ0) is 14.9. The fourth-order valence-electron chi connectivity index (χ4n) is 2.75. The van der Waals surface area contributed by atoms with Gasteiger partial charge in [-0.05, 0) is 24.1 Å². The molecule has 0 radical (unpaired) electrons. The quantitative estimate of drug-likeness (QED) is 0.405. The van der Waals surface area contributed by atoms with Crippen molar-refractivity contribution in [2.24, 2.45) is 5.84 Å². The number of aromatic nitrogens is 1. The van der Waals surface area contributed by atoms with Crippen molar-refractivity contribution in [3.8, 4) is 0 Å². The minimum atomic E-state index is 0.202. The summed E-state index contributed by atoms with van der Waals surface area (Å²) in [5, 5.41) is 1.18. The first-order valence-electron chi connectivity index (χ1n) is 8.16. The van der Waals surface area contributed by atoms with Crippen molar-refractivity contribution in [3.63, 3.8) is 0 Å². The Morgan fingerprint density at radius 1 is 1.10 bits per heavy atom. The second-order valence-electron chi connectivity index (χ2n) is 5.74. The number of nitrogens with one attached hydrogen (secondary N) is 1. The Hall–Kier alpha value is -1.45. The lowest BCUT2D eigenvalue weighted by molar-refractivity contribution is 0.476. The second kappa shape index (κ2) is 8.75. The maximum absolute atomic E-state index is 5.73. The van der Waals surface area contributed by atoms with E-state index in [1.165, 1.54) is 49.5 Å². The minimum absolute atomic E-state index is 0.202. The summed E-state index contributed by atoms with van der Waals surface area (Å²) in [6.45, 7) is 2.25. The van der Waals surface area contributed by atoms with Crippen LogP contribution in [0.15, 0.2) is 36.5 Å². The van der Waals surface area contributed by atoms with Crippen molar-refractivity contribution in [1.82, 2.24) is 10.4 Å². The number of unbranched alkanes of at least 4 members (excludes halogenated alkanes) is 5. The third-order valence-electron chi connectivity index (χ3n) is 4.06. The molecule has 3 heteroatoms. The Labute approximate surface area is 127 Å². The highest BCUT2D eigenvalue weighted by atomic mass is 15.2. The van der Waals surface area contributed by atoms with Gasteiger partial charge in [0.15, 0.2) is 0 Å². The van der Waals surface area contributed by atoms with E-state index in [1.54, 1.807) is 0 Å². The highest BCUT2D eigenvalue weighted by Crippen LogP contribution is 2.22. The van der Waals surface area contributed by atoms with Gasteiger partial charge in [-0.2, -0.15) is 0 Å². The molecule has 1 unspecified atom stereocenters. The summed E-state index contributed by atoms with van der Waals surface area (Å²) >= 11 is 0. The number of hydrazine groups is 1. The number of hydrogen-bond donors (Lipinski definition) is 2. The highest BCUT2D eigenvalue weighted by molar-refractivity contribution is 5.78. The van der Waals surface area contributed by atoms with E-state index < -0.39 is 0 Å². The van der Waals surface area contributed by atoms with E-state index in [9.17, 15) is 0 Å². The van der Waals surface area contributed by atoms with Gasteiger partial charge in [0.05, 0.1) is 5.52 Å². The molecule has 3 N–H and O–H groups in total.